The molecule has 1 saturated heterocycles. The number of sulfonamides is 1. The van der Waals surface area contributed by atoms with Gasteiger partial charge in [0.2, 0.25) is 10.0 Å². The Balaban J connectivity index is 1.72. The Bertz CT molecular complexity index is 1480. The van der Waals surface area contributed by atoms with Crippen LogP contribution < -0.4 is 10.7 Å². The number of aromatic nitrogens is 3. The van der Waals surface area contributed by atoms with E-state index >= 15 is 0 Å². The molecule has 0 aliphatic carbocycles. The van der Waals surface area contributed by atoms with Crippen LogP contribution in [0.5, 0.6) is 0 Å². The Morgan fingerprint density at radius 2 is 1.81 bits per heavy atom. The van der Waals surface area contributed by atoms with Crippen LogP contribution in [0.2, 0.25) is 0 Å². The van der Waals surface area contributed by atoms with Crippen LogP contribution >= 0.6 is 0 Å². The second kappa shape index (κ2) is 7.30. The van der Waals surface area contributed by atoms with Gasteiger partial charge in [-0.2, -0.15) is 5.10 Å². The molecule has 160 valence electrons. The molecular formula is C22H22N4O4S. The monoisotopic (exact) mass is 438 g/mol. The van der Waals surface area contributed by atoms with Gasteiger partial charge in [-0.3, -0.25) is 9.36 Å². The maximum Gasteiger partial charge on any atom is 0.261 e. The predicted molar refractivity (Wildman–Crippen MR) is 118 cm³/mol. The lowest BCUT2D eigenvalue weighted by Crippen LogP contribution is -2.19. The summed E-state index contributed by atoms with van der Waals surface area (Å²) in [7, 11) is -2.07. The van der Waals surface area contributed by atoms with Crippen molar-refractivity contribution in [2.75, 3.05) is 13.2 Å². The van der Waals surface area contributed by atoms with Gasteiger partial charge in [0.05, 0.1) is 21.5 Å². The van der Waals surface area contributed by atoms with Crippen molar-refractivity contribution in [2.24, 2.45) is 12.2 Å². The third kappa shape index (κ3) is 3.44. The molecule has 3 heterocycles. The largest absolute Gasteiger partial charge is 0.381 e. The van der Waals surface area contributed by atoms with Crippen molar-refractivity contribution in [3.8, 4) is 11.1 Å². The van der Waals surface area contributed by atoms with E-state index < -0.39 is 10.0 Å². The molecule has 4 aromatic rings. The number of aryl methyl sites for hydroxylation is 1. The Labute approximate surface area is 178 Å². The first kappa shape index (κ1) is 19.9. The summed E-state index contributed by atoms with van der Waals surface area (Å²) in [4.78, 5) is 13.0. The van der Waals surface area contributed by atoms with Crippen LogP contribution in [0.15, 0.2) is 58.2 Å². The van der Waals surface area contributed by atoms with E-state index in [0.717, 1.165) is 29.7 Å². The molecule has 31 heavy (non-hydrogen) atoms. The zero-order valence-electron chi connectivity index (χ0n) is 17.0. The minimum absolute atomic E-state index is 0.0418. The van der Waals surface area contributed by atoms with Crippen molar-refractivity contribution in [1.82, 2.24) is 14.2 Å². The fourth-order valence-electron chi connectivity index (χ4n) is 4.20. The Morgan fingerprint density at radius 3 is 2.55 bits per heavy atom. The predicted octanol–water partition coefficient (Wildman–Crippen LogP) is 2.39. The van der Waals surface area contributed by atoms with E-state index in [9.17, 15) is 13.2 Å². The molecule has 1 fully saturated rings. The maximum absolute atomic E-state index is 13.0. The number of hydrogen-bond acceptors (Lipinski definition) is 5. The molecule has 2 aromatic heterocycles. The lowest BCUT2D eigenvalue weighted by atomic mass is 9.97. The molecule has 5 rings (SSSR count). The summed E-state index contributed by atoms with van der Waals surface area (Å²) >= 11 is 0. The number of nitrogens with zero attached hydrogens (tertiary/aromatic N) is 3. The zero-order chi connectivity index (χ0) is 21.8. The van der Waals surface area contributed by atoms with Crippen LogP contribution in [0.1, 0.15) is 24.5 Å². The highest BCUT2D eigenvalue weighted by Gasteiger charge is 2.21. The highest BCUT2D eigenvalue weighted by molar-refractivity contribution is 7.89. The summed E-state index contributed by atoms with van der Waals surface area (Å²) in [6, 6.07) is 13.9. The first-order valence-corrected chi connectivity index (χ1v) is 11.6. The molecule has 8 nitrogen and oxygen atoms in total. The quantitative estimate of drug-likeness (QED) is 0.528. The Kier molecular flexibility index (Phi) is 4.69. The minimum Gasteiger partial charge on any atom is -0.381 e. The van der Waals surface area contributed by atoms with Crippen molar-refractivity contribution >= 4 is 26.6 Å². The smallest absolute Gasteiger partial charge is 0.261 e. The van der Waals surface area contributed by atoms with Gasteiger partial charge < -0.3 is 4.74 Å². The average molecular weight is 439 g/mol. The standard InChI is InChI=1S/C22H22N4O4S/c1-25-21-13-19(14-7-9-30-10-8-14)24-26(21)20-12-16(5-6-18(20)22(25)27)15-3-2-4-17(11-15)31(23,28)29/h2-6,11-14H,7-10H2,1H3,(H2,23,28,29). The van der Waals surface area contributed by atoms with E-state index in [2.05, 4.69) is 0 Å². The van der Waals surface area contributed by atoms with Gasteiger partial charge in [0, 0.05) is 32.2 Å². The zero-order valence-corrected chi connectivity index (χ0v) is 17.8. The number of rotatable bonds is 3. The van der Waals surface area contributed by atoms with E-state index in [1.54, 1.807) is 34.3 Å². The number of ether oxygens (including phenoxy) is 1. The average Bonchev–Trinajstić information content (AvgIpc) is 3.23. The highest BCUT2D eigenvalue weighted by Crippen LogP contribution is 2.29. The molecule has 0 amide bonds. The first-order valence-electron chi connectivity index (χ1n) is 10.1. The van der Waals surface area contributed by atoms with Crippen molar-refractivity contribution in [3.63, 3.8) is 0 Å². The lowest BCUT2D eigenvalue weighted by Gasteiger charge is -2.19. The van der Waals surface area contributed by atoms with Crippen LogP contribution in [-0.4, -0.2) is 35.8 Å². The Hall–Kier alpha value is -3.01. The van der Waals surface area contributed by atoms with Crippen molar-refractivity contribution in [3.05, 3.63) is 64.6 Å². The highest BCUT2D eigenvalue weighted by atomic mass is 32.2. The van der Waals surface area contributed by atoms with E-state index in [-0.39, 0.29) is 10.5 Å². The molecule has 0 radical (unpaired) electrons. The summed E-state index contributed by atoms with van der Waals surface area (Å²) in [6.45, 7) is 1.42. The fourth-order valence-corrected chi connectivity index (χ4v) is 4.76. The summed E-state index contributed by atoms with van der Waals surface area (Å²) in [5.41, 5.74) is 3.71. The molecule has 0 unspecified atom stereocenters. The molecule has 0 spiro atoms. The van der Waals surface area contributed by atoms with Crippen molar-refractivity contribution in [1.29, 1.82) is 0 Å². The molecular weight excluding hydrogens is 416 g/mol. The fraction of sp³-hybridized carbons (Fsp3) is 0.273. The number of hydrogen-bond donors (Lipinski definition) is 1. The summed E-state index contributed by atoms with van der Waals surface area (Å²) in [6.07, 6.45) is 1.81. The Morgan fingerprint density at radius 1 is 1.06 bits per heavy atom. The van der Waals surface area contributed by atoms with Crippen LogP contribution in [0.3, 0.4) is 0 Å². The lowest BCUT2D eigenvalue weighted by molar-refractivity contribution is 0.0844. The molecule has 2 aromatic carbocycles. The number of primary sulfonamides is 1. The molecule has 0 saturated carbocycles. The maximum atomic E-state index is 13.0. The number of benzene rings is 2. The van der Waals surface area contributed by atoms with E-state index in [1.165, 1.54) is 12.1 Å². The van der Waals surface area contributed by atoms with Gasteiger partial charge in [0.15, 0.2) is 0 Å². The topological polar surface area (TPSA) is 109 Å². The summed E-state index contributed by atoms with van der Waals surface area (Å²) in [5.74, 6) is 0.299. The van der Waals surface area contributed by atoms with E-state index in [1.807, 2.05) is 18.2 Å². The third-order valence-electron chi connectivity index (χ3n) is 5.95. The SMILES string of the molecule is Cn1c(=O)c2ccc(-c3cccc(S(N)(=O)=O)c3)cc2n2nc(C3CCOCC3)cc12. The van der Waals surface area contributed by atoms with Gasteiger partial charge in [0.1, 0.15) is 5.65 Å². The molecule has 0 bridgehead atoms. The first-order chi connectivity index (χ1) is 14.8. The van der Waals surface area contributed by atoms with Crippen molar-refractivity contribution in [2.45, 2.75) is 23.7 Å². The van der Waals surface area contributed by atoms with Gasteiger partial charge in [-0.05, 0) is 48.2 Å². The molecule has 1 aliphatic rings. The number of nitrogens with two attached hydrogens (primary N) is 1. The van der Waals surface area contributed by atoms with Crippen LogP contribution in [-0.2, 0) is 21.8 Å². The third-order valence-corrected chi connectivity index (χ3v) is 6.86. The second-order valence-corrected chi connectivity index (χ2v) is 9.46. The van der Waals surface area contributed by atoms with Crippen LogP contribution in [0.25, 0.3) is 27.7 Å². The molecule has 0 atom stereocenters. The van der Waals surface area contributed by atoms with Gasteiger partial charge in [-0.15, -0.1) is 0 Å². The van der Waals surface area contributed by atoms with Crippen LogP contribution in [0, 0.1) is 0 Å². The summed E-state index contributed by atoms with van der Waals surface area (Å²) in [5, 5.41) is 10.7. The second-order valence-electron chi connectivity index (χ2n) is 7.89. The van der Waals surface area contributed by atoms with E-state index in [4.69, 9.17) is 15.0 Å². The van der Waals surface area contributed by atoms with E-state index in [0.29, 0.717) is 35.6 Å². The number of fused-ring (bicyclic) bond motifs is 3. The van der Waals surface area contributed by atoms with Gasteiger partial charge >= 0.3 is 0 Å². The van der Waals surface area contributed by atoms with Crippen molar-refractivity contribution < 1.29 is 13.2 Å². The molecule has 9 heteroatoms. The molecule has 2 N–H and O–H groups in total. The normalized spacial score (nSPS) is 15.7. The van der Waals surface area contributed by atoms with Gasteiger partial charge in [-0.1, -0.05) is 18.2 Å². The van der Waals surface area contributed by atoms with Crippen LogP contribution in [0.4, 0.5) is 0 Å². The molecule has 1 aliphatic heterocycles. The minimum atomic E-state index is -3.81. The van der Waals surface area contributed by atoms with Gasteiger partial charge in [-0.25, -0.2) is 18.1 Å². The summed E-state index contributed by atoms with van der Waals surface area (Å²) < 4.78 is 32.4. The van der Waals surface area contributed by atoms with Gasteiger partial charge in [0.25, 0.3) is 5.56 Å².